The Hall–Kier alpha value is -2.55. The molecule has 1 aromatic carbocycles. The number of hydrazone groups is 1. The average molecular weight is 441 g/mol. The molecule has 2 aromatic rings. The van der Waals surface area contributed by atoms with Crippen LogP contribution in [0.5, 0.6) is 0 Å². The zero-order chi connectivity index (χ0) is 21.8. The summed E-state index contributed by atoms with van der Waals surface area (Å²) in [6, 6.07) is 10.2. The smallest absolute Gasteiger partial charge is 0.267 e. The van der Waals surface area contributed by atoms with Crippen LogP contribution in [-0.4, -0.2) is 55.3 Å². The van der Waals surface area contributed by atoms with E-state index in [9.17, 15) is 9.59 Å². The number of hydrogen-bond donors (Lipinski definition) is 1. The highest BCUT2D eigenvalue weighted by Gasteiger charge is 2.28. The molecule has 2 amide bonds. The van der Waals surface area contributed by atoms with Crippen molar-refractivity contribution in [3.05, 3.63) is 51.7 Å². The zero-order valence-corrected chi connectivity index (χ0v) is 18.8. The van der Waals surface area contributed by atoms with Gasteiger partial charge in [-0.05, 0) is 42.5 Å². The average Bonchev–Trinajstić information content (AvgIpc) is 3.31. The van der Waals surface area contributed by atoms with E-state index in [1.54, 1.807) is 11.3 Å². The number of hydrogen-bond acceptors (Lipinski definition) is 6. The number of ether oxygens (including phenoxy) is 1. The maximum atomic E-state index is 13.0. The molecule has 1 aromatic heterocycles. The lowest BCUT2D eigenvalue weighted by Crippen LogP contribution is -2.45. The van der Waals surface area contributed by atoms with E-state index in [2.05, 4.69) is 26.8 Å². The van der Waals surface area contributed by atoms with Crippen molar-refractivity contribution in [1.82, 2.24) is 10.2 Å². The van der Waals surface area contributed by atoms with Crippen molar-refractivity contribution in [2.45, 2.75) is 32.7 Å². The van der Waals surface area contributed by atoms with E-state index in [0.717, 1.165) is 29.9 Å². The van der Waals surface area contributed by atoms with Gasteiger partial charge in [0.1, 0.15) is 5.71 Å². The molecule has 1 atom stereocenters. The fourth-order valence-corrected chi connectivity index (χ4v) is 4.78. The van der Waals surface area contributed by atoms with E-state index in [1.165, 1.54) is 9.89 Å². The molecular formula is C23H28N4O3S. The van der Waals surface area contributed by atoms with Crippen molar-refractivity contribution in [3.63, 3.8) is 0 Å². The highest BCUT2D eigenvalue weighted by Crippen LogP contribution is 2.27. The van der Waals surface area contributed by atoms with Crippen LogP contribution < -0.4 is 10.3 Å². The molecule has 4 rings (SSSR count). The van der Waals surface area contributed by atoms with Gasteiger partial charge in [-0.2, -0.15) is 5.10 Å². The van der Waals surface area contributed by atoms with Gasteiger partial charge in [0.15, 0.2) is 0 Å². The lowest BCUT2D eigenvalue weighted by atomic mass is 10.1. The number of nitrogens with zero attached hydrogens (tertiary/aromatic N) is 3. The van der Waals surface area contributed by atoms with Crippen LogP contribution in [0.1, 0.15) is 34.9 Å². The zero-order valence-electron chi connectivity index (χ0n) is 18.0. The van der Waals surface area contributed by atoms with Gasteiger partial charge in [-0.15, -0.1) is 11.3 Å². The Bertz CT molecular complexity index is 967. The molecule has 1 fully saturated rings. The topological polar surface area (TPSA) is 74.2 Å². The highest BCUT2D eigenvalue weighted by atomic mass is 32.1. The van der Waals surface area contributed by atoms with Crippen LogP contribution >= 0.6 is 11.3 Å². The summed E-state index contributed by atoms with van der Waals surface area (Å²) in [6.45, 7) is 7.51. The predicted molar refractivity (Wildman–Crippen MR) is 123 cm³/mol. The van der Waals surface area contributed by atoms with E-state index < -0.39 is 0 Å². The largest absolute Gasteiger partial charge is 0.379 e. The first-order valence-electron chi connectivity index (χ1n) is 10.6. The number of thiophene rings is 1. The van der Waals surface area contributed by atoms with Crippen LogP contribution in [0.15, 0.2) is 40.8 Å². The first-order chi connectivity index (χ1) is 15.0. The third-order valence-electron chi connectivity index (χ3n) is 5.70. The first-order valence-corrected chi connectivity index (χ1v) is 11.5. The minimum atomic E-state index is -0.211. The van der Waals surface area contributed by atoms with Gasteiger partial charge in [0.05, 0.1) is 24.9 Å². The number of carbonyl (C=O) groups excluding carboxylic acids is 2. The van der Waals surface area contributed by atoms with Crippen molar-refractivity contribution in [2.75, 3.05) is 37.9 Å². The second-order valence-corrected chi connectivity index (χ2v) is 8.91. The van der Waals surface area contributed by atoms with Crippen LogP contribution in [0, 0.1) is 13.8 Å². The molecule has 1 N–H and O–H groups in total. The van der Waals surface area contributed by atoms with E-state index >= 15 is 0 Å². The molecule has 0 aliphatic carbocycles. The molecule has 0 bridgehead atoms. The first kappa shape index (κ1) is 21.7. The standard InChI is InChI=1S/C23H28N4O3S/c1-16-5-6-17(2)19(14-16)27-22(28)8-7-18(25-27)23(29)24-15-20(21-4-3-13-31-21)26-9-11-30-12-10-26/h3-6,13-14,20H,7-12,15H2,1-2H3,(H,24,29). The van der Waals surface area contributed by atoms with Gasteiger partial charge >= 0.3 is 0 Å². The molecular weight excluding hydrogens is 412 g/mol. The second-order valence-electron chi connectivity index (χ2n) is 7.93. The van der Waals surface area contributed by atoms with E-state index in [-0.39, 0.29) is 24.3 Å². The summed E-state index contributed by atoms with van der Waals surface area (Å²) in [5, 5.41) is 11.0. The SMILES string of the molecule is Cc1ccc(C)c(N2N=C(C(=O)NCC(c3cccs3)N3CCOCC3)CCC2=O)c1. The molecule has 164 valence electrons. The van der Waals surface area contributed by atoms with Crippen molar-refractivity contribution in [1.29, 1.82) is 0 Å². The molecule has 0 saturated carbocycles. The van der Waals surface area contributed by atoms with Crippen LogP contribution in [0.3, 0.4) is 0 Å². The summed E-state index contributed by atoms with van der Waals surface area (Å²) >= 11 is 1.70. The number of amides is 2. The summed E-state index contributed by atoms with van der Waals surface area (Å²) in [6.07, 6.45) is 0.630. The summed E-state index contributed by atoms with van der Waals surface area (Å²) in [4.78, 5) is 29.1. The maximum Gasteiger partial charge on any atom is 0.267 e. The number of carbonyl (C=O) groups is 2. The predicted octanol–water partition coefficient (Wildman–Crippen LogP) is 3.04. The number of benzene rings is 1. The molecule has 2 aliphatic heterocycles. The molecule has 3 heterocycles. The fourth-order valence-electron chi connectivity index (χ4n) is 3.92. The third-order valence-corrected chi connectivity index (χ3v) is 6.68. The summed E-state index contributed by atoms with van der Waals surface area (Å²) in [5.41, 5.74) is 3.13. The molecule has 0 radical (unpaired) electrons. The van der Waals surface area contributed by atoms with Crippen LogP contribution in [0.4, 0.5) is 5.69 Å². The number of nitrogens with one attached hydrogen (secondary N) is 1. The third kappa shape index (κ3) is 5.03. The molecule has 1 saturated heterocycles. The highest BCUT2D eigenvalue weighted by molar-refractivity contribution is 7.10. The Morgan fingerprint density at radius 2 is 2.03 bits per heavy atom. The molecule has 0 spiro atoms. The van der Waals surface area contributed by atoms with Gasteiger partial charge < -0.3 is 10.1 Å². The lowest BCUT2D eigenvalue weighted by molar-refractivity contribution is -0.119. The van der Waals surface area contributed by atoms with Crippen molar-refractivity contribution >= 4 is 34.6 Å². The van der Waals surface area contributed by atoms with Gasteiger partial charge in [0, 0.05) is 37.4 Å². The summed E-state index contributed by atoms with van der Waals surface area (Å²) in [7, 11) is 0. The fraction of sp³-hybridized carbons (Fsp3) is 0.435. The number of anilines is 1. The van der Waals surface area contributed by atoms with Gasteiger partial charge in [0.25, 0.3) is 5.91 Å². The lowest BCUT2D eigenvalue weighted by Gasteiger charge is -2.34. The quantitative estimate of drug-likeness (QED) is 0.749. The Balaban J connectivity index is 1.49. The minimum absolute atomic E-state index is 0.0879. The second kappa shape index (κ2) is 9.72. The van der Waals surface area contributed by atoms with Gasteiger partial charge in [0.2, 0.25) is 5.91 Å². The van der Waals surface area contributed by atoms with Gasteiger partial charge in [-0.1, -0.05) is 18.2 Å². The van der Waals surface area contributed by atoms with E-state index in [0.29, 0.717) is 31.9 Å². The Kier molecular flexibility index (Phi) is 6.80. The number of morpholine rings is 1. The van der Waals surface area contributed by atoms with Crippen LogP contribution in [0.25, 0.3) is 0 Å². The molecule has 7 nitrogen and oxygen atoms in total. The molecule has 8 heteroatoms. The Morgan fingerprint density at radius 3 is 2.77 bits per heavy atom. The summed E-state index contributed by atoms with van der Waals surface area (Å²) in [5.74, 6) is -0.298. The molecule has 1 unspecified atom stereocenters. The Labute approximate surface area is 186 Å². The van der Waals surface area contributed by atoms with Gasteiger partial charge in [-0.3, -0.25) is 14.5 Å². The van der Waals surface area contributed by atoms with Crippen molar-refractivity contribution in [3.8, 4) is 0 Å². The number of aryl methyl sites for hydroxylation is 2. The monoisotopic (exact) mass is 440 g/mol. The van der Waals surface area contributed by atoms with E-state index in [1.807, 2.05) is 38.1 Å². The minimum Gasteiger partial charge on any atom is -0.379 e. The summed E-state index contributed by atoms with van der Waals surface area (Å²) < 4.78 is 5.49. The van der Waals surface area contributed by atoms with Crippen LogP contribution in [0.2, 0.25) is 0 Å². The van der Waals surface area contributed by atoms with Crippen molar-refractivity contribution in [2.24, 2.45) is 5.10 Å². The normalized spacial score (nSPS) is 18.6. The molecule has 31 heavy (non-hydrogen) atoms. The van der Waals surface area contributed by atoms with Crippen molar-refractivity contribution < 1.29 is 14.3 Å². The molecule has 2 aliphatic rings. The van der Waals surface area contributed by atoms with Crippen LogP contribution in [-0.2, 0) is 14.3 Å². The van der Waals surface area contributed by atoms with Gasteiger partial charge in [-0.25, -0.2) is 5.01 Å². The Morgan fingerprint density at radius 1 is 1.23 bits per heavy atom. The van der Waals surface area contributed by atoms with E-state index in [4.69, 9.17) is 4.74 Å². The number of rotatable bonds is 6. The maximum absolute atomic E-state index is 13.0.